The summed E-state index contributed by atoms with van der Waals surface area (Å²) in [4.78, 5) is 40.4. The van der Waals surface area contributed by atoms with E-state index in [1.54, 1.807) is 31.2 Å². The second kappa shape index (κ2) is 8.63. The maximum absolute atomic E-state index is 13.0. The minimum absolute atomic E-state index is 0.281. The van der Waals surface area contributed by atoms with E-state index in [-0.39, 0.29) is 10.2 Å². The van der Waals surface area contributed by atoms with Gasteiger partial charge in [0.2, 0.25) is 5.91 Å². The fraction of sp³-hybridized carbons (Fsp3) is 0.368. The molecule has 2 unspecified atom stereocenters. The van der Waals surface area contributed by atoms with Crippen molar-refractivity contribution in [3.63, 3.8) is 0 Å². The monoisotopic (exact) mass is 438 g/mol. The Bertz CT molecular complexity index is 873. The lowest BCUT2D eigenvalue weighted by Crippen LogP contribution is -2.55. The van der Waals surface area contributed by atoms with E-state index in [9.17, 15) is 19.5 Å². The quantitative estimate of drug-likeness (QED) is 0.573. The van der Waals surface area contributed by atoms with Crippen molar-refractivity contribution in [2.24, 2.45) is 0 Å². The lowest BCUT2D eigenvalue weighted by atomic mass is 10.0. The van der Waals surface area contributed by atoms with Crippen LogP contribution in [0.5, 0.6) is 0 Å². The van der Waals surface area contributed by atoms with Crippen molar-refractivity contribution < 1.29 is 19.5 Å². The van der Waals surface area contributed by atoms with Crippen molar-refractivity contribution in [2.75, 3.05) is 6.54 Å². The van der Waals surface area contributed by atoms with E-state index in [4.69, 9.17) is 23.8 Å². The maximum atomic E-state index is 13.0. The average molecular weight is 439 g/mol. The van der Waals surface area contributed by atoms with Gasteiger partial charge >= 0.3 is 5.97 Å². The van der Waals surface area contributed by atoms with Crippen molar-refractivity contribution in [1.82, 2.24) is 9.80 Å². The molecule has 3 rings (SSSR count). The first-order valence-corrected chi connectivity index (χ1v) is 10.5. The van der Waals surface area contributed by atoms with Gasteiger partial charge in [0.15, 0.2) is 0 Å². The number of thiocarbonyl (C=S) groups is 1. The van der Waals surface area contributed by atoms with Crippen molar-refractivity contribution in [3.05, 3.63) is 39.8 Å². The summed E-state index contributed by atoms with van der Waals surface area (Å²) in [5, 5.41) is 9.97. The first kappa shape index (κ1) is 20.8. The number of rotatable bonds is 4. The van der Waals surface area contributed by atoms with Crippen LogP contribution in [0.15, 0.2) is 29.2 Å². The molecule has 2 amide bonds. The van der Waals surface area contributed by atoms with Gasteiger partial charge in [-0.2, -0.15) is 0 Å². The number of carbonyl (C=O) groups excluding carboxylic acids is 2. The number of aliphatic carboxylic acids is 1. The van der Waals surface area contributed by atoms with Crippen molar-refractivity contribution in [3.8, 4) is 0 Å². The Morgan fingerprint density at radius 2 is 2.14 bits per heavy atom. The number of amides is 2. The molecular weight excluding hydrogens is 420 g/mol. The second-order valence-corrected chi connectivity index (χ2v) is 8.78. The zero-order chi connectivity index (χ0) is 20.4. The molecule has 148 valence electrons. The fourth-order valence-corrected chi connectivity index (χ4v) is 4.98. The van der Waals surface area contributed by atoms with Gasteiger partial charge in [0, 0.05) is 11.6 Å². The molecule has 2 fully saturated rings. The van der Waals surface area contributed by atoms with Gasteiger partial charge in [-0.05, 0) is 50.0 Å². The Morgan fingerprint density at radius 1 is 1.39 bits per heavy atom. The second-order valence-electron chi connectivity index (χ2n) is 6.66. The highest BCUT2D eigenvalue weighted by atomic mass is 35.5. The SMILES string of the molecule is CC(C(=O)N1CCCCC1C(=O)O)N1C(=O)C(=Cc2cccc(Cl)c2)SC1=S. The van der Waals surface area contributed by atoms with Crippen LogP contribution in [-0.2, 0) is 14.4 Å². The fourth-order valence-electron chi connectivity index (χ4n) is 3.36. The number of carboxylic acids is 1. The smallest absolute Gasteiger partial charge is 0.326 e. The minimum Gasteiger partial charge on any atom is -0.480 e. The summed E-state index contributed by atoms with van der Waals surface area (Å²) in [5.74, 6) is -1.78. The topological polar surface area (TPSA) is 77.9 Å². The number of halogens is 1. The summed E-state index contributed by atoms with van der Waals surface area (Å²) in [7, 11) is 0. The number of hydrogen-bond acceptors (Lipinski definition) is 5. The number of carbonyl (C=O) groups is 3. The van der Waals surface area contributed by atoms with Gasteiger partial charge in [-0.15, -0.1) is 0 Å². The molecule has 28 heavy (non-hydrogen) atoms. The molecule has 6 nitrogen and oxygen atoms in total. The van der Waals surface area contributed by atoms with Gasteiger partial charge in [-0.3, -0.25) is 14.5 Å². The van der Waals surface area contributed by atoms with E-state index in [0.717, 1.165) is 30.2 Å². The molecule has 0 saturated carbocycles. The van der Waals surface area contributed by atoms with Crippen LogP contribution < -0.4 is 0 Å². The Labute approximate surface area is 177 Å². The zero-order valence-corrected chi connectivity index (χ0v) is 17.5. The third kappa shape index (κ3) is 4.24. The van der Waals surface area contributed by atoms with Crippen LogP contribution in [0.2, 0.25) is 5.02 Å². The summed E-state index contributed by atoms with van der Waals surface area (Å²) in [6.45, 7) is 1.95. The number of piperidine rings is 1. The Hall–Kier alpha value is -1.90. The number of thioether (sulfide) groups is 1. The van der Waals surface area contributed by atoms with Crippen molar-refractivity contribution in [1.29, 1.82) is 0 Å². The highest BCUT2D eigenvalue weighted by molar-refractivity contribution is 8.26. The maximum Gasteiger partial charge on any atom is 0.326 e. The van der Waals surface area contributed by atoms with Crippen molar-refractivity contribution in [2.45, 2.75) is 38.3 Å². The van der Waals surface area contributed by atoms with E-state index >= 15 is 0 Å². The third-order valence-electron chi connectivity index (χ3n) is 4.79. The predicted octanol–water partition coefficient (Wildman–Crippen LogP) is 3.40. The van der Waals surface area contributed by atoms with Crippen LogP contribution in [0.4, 0.5) is 0 Å². The summed E-state index contributed by atoms with van der Waals surface area (Å²) in [6.07, 6.45) is 3.61. The Morgan fingerprint density at radius 3 is 2.82 bits per heavy atom. The van der Waals surface area contributed by atoms with Crippen LogP contribution in [-0.4, -0.2) is 55.6 Å². The van der Waals surface area contributed by atoms with E-state index in [1.165, 1.54) is 9.80 Å². The molecule has 0 aliphatic carbocycles. The molecule has 1 aromatic carbocycles. The highest BCUT2D eigenvalue weighted by Crippen LogP contribution is 2.35. The predicted molar refractivity (Wildman–Crippen MR) is 113 cm³/mol. The van der Waals surface area contributed by atoms with Gasteiger partial charge in [0.1, 0.15) is 16.4 Å². The largest absolute Gasteiger partial charge is 0.480 e. The van der Waals surface area contributed by atoms with E-state index in [2.05, 4.69) is 0 Å². The summed E-state index contributed by atoms with van der Waals surface area (Å²) < 4.78 is 0.281. The molecule has 1 N–H and O–H groups in total. The molecule has 0 radical (unpaired) electrons. The molecule has 2 atom stereocenters. The molecule has 0 aromatic heterocycles. The molecule has 9 heteroatoms. The first-order chi connectivity index (χ1) is 13.3. The number of likely N-dealkylation sites (tertiary alicyclic amines) is 1. The van der Waals surface area contributed by atoms with Crippen molar-refractivity contribution >= 4 is 63.8 Å². The number of carboxylic acid groups (broad SMARTS) is 1. The molecule has 0 bridgehead atoms. The molecule has 1 aromatic rings. The van der Waals surface area contributed by atoms with E-state index in [1.807, 2.05) is 6.07 Å². The van der Waals surface area contributed by atoms with Gasteiger partial charge in [0.05, 0.1) is 4.91 Å². The van der Waals surface area contributed by atoms with E-state index in [0.29, 0.717) is 22.9 Å². The molecular formula is C19H19ClN2O4S2. The van der Waals surface area contributed by atoms with Crippen LogP contribution in [0.3, 0.4) is 0 Å². The molecule has 2 saturated heterocycles. The first-order valence-electron chi connectivity index (χ1n) is 8.85. The van der Waals surface area contributed by atoms with Crippen LogP contribution >= 0.6 is 35.6 Å². The summed E-state index contributed by atoms with van der Waals surface area (Å²) in [5.41, 5.74) is 0.758. The molecule has 0 spiro atoms. The lowest BCUT2D eigenvalue weighted by Gasteiger charge is -2.36. The lowest BCUT2D eigenvalue weighted by molar-refractivity contribution is -0.154. The van der Waals surface area contributed by atoms with Crippen LogP contribution in [0.1, 0.15) is 31.7 Å². The summed E-state index contributed by atoms with van der Waals surface area (Å²) >= 11 is 12.4. The third-order valence-corrected chi connectivity index (χ3v) is 6.35. The van der Waals surface area contributed by atoms with Gasteiger partial charge < -0.3 is 10.0 Å². The van der Waals surface area contributed by atoms with Crippen LogP contribution in [0, 0.1) is 0 Å². The van der Waals surface area contributed by atoms with Crippen LogP contribution in [0.25, 0.3) is 6.08 Å². The number of benzene rings is 1. The highest BCUT2D eigenvalue weighted by Gasteiger charge is 2.42. The Balaban J connectivity index is 1.80. The number of nitrogens with zero attached hydrogens (tertiary/aromatic N) is 2. The normalized spacial score (nSPS) is 22.6. The zero-order valence-electron chi connectivity index (χ0n) is 15.1. The number of hydrogen-bond donors (Lipinski definition) is 1. The van der Waals surface area contributed by atoms with Gasteiger partial charge in [-0.1, -0.05) is 47.7 Å². The summed E-state index contributed by atoms with van der Waals surface area (Å²) in [6, 6.07) is 5.35. The minimum atomic E-state index is -1.02. The molecule has 2 aliphatic heterocycles. The Kier molecular flexibility index (Phi) is 6.42. The average Bonchev–Trinajstić information content (AvgIpc) is 2.93. The molecule has 2 aliphatic rings. The molecule has 2 heterocycles. The standard InChI is InChI=1S/C19H19ClN2O4S2/c1-11(16(23)21-8-3-2-7-14(21)18(25)26)22-17(24)15(28-19(22)27)10-12-5-4-6-13(20)9-12/h4-6,9-11,14H,2-3,7-8H2,1H3,(H,25,26). The van der Waals surface area contributed by atoms with E-state index < -0.39 is 24.0 Å². The van der Waals surface area contributed by atoms with Gasteiger partial charge in [0.25, 0.3) is 5.91 Å². The van der Waals surface area contributed by atoms with Gasteiger partial charge in [-0.25, -0.2) is 4.79 Å².